The number of halogens is 3. The van der Waals surface area contributed by atoms with Crippen molar-refractivity contribution in [2.45, 2.75) is 18.7 Å². The molecule has 0 saturated heterocycles. The van der Waals surface area contributed by atoms with Crippen LogP contribution in [0.1, 0.15) is 18.1 Å². The molecule has 1 atom stereocenters. The van der Waals surface area contributed by atoms with Crippen LogP contribution in [0.2, 0.25) is 0 Å². The maximum atomic E-state index is 12.9. The standard InChI is InChI=1S/C20H25F3N4O2/c1-26(2)8-5-9-27(3)17-12-15(11-16(25-29)18(17)24)13-6-4-7-14(10-13)19(28)20(21,22)23/h4,6-7,10-12,19,28H,5,8-9,24H2,1-3H3. The number of anilines is 2. The van der Waals surface area contributed by atoms with E-state index in [1.807, 2.05) is 30.9 Å². The van der Waals surface area contributed by atoms with Gasteiger partial charge in [0, 0.05) is 13.6 Å². The third-order valence-corrected chi connectivity index (χ3v) is 4.59. The van der Waals surface area contributed by atoms with Gasteiger partial charge < -0.3 is 20.6 Å². The van der Waals surface area contributed by atoms with Gasteiger partial charge in [0.1, 0.15) is 5.69 Å². The molecule has 158 valence electrons. The molecule has 0 aliphatic carbocycles. The molecule has 0 amide bonds. The van der Waals surface area contributed by atoms with Gasteiger partial charge in [0.15, 0.2) is 6.10 Å². The summed E-state index contributed by atoms with van der Waals surface area (Å²) in [6.45, 7) is 1.52. The summed E-state index contributed by atoms with van der Waals surface area (Å²) >= 11 is 0. The first-order chi connectivity index (χ1) is 13.5. The lowest BCUT2D eigenvalue weighted by Crippen LogP contribution is -2.24. The highest BCUT2D eigenvalue weighted by Crippen LogP contribution is 2.39. The number of nitrogens with two attached hydrogens (primary N) is 1. The molecule has 3 N–H and O–H groups in total. The summed E-state index contributed by atoms with van der Waals surface area (Å²) in [5.41, 5.74) is 7.48. The van der Waals surface area contributed by atoms with Gasteiger partial charge in [-0.2, -0.15) is 13.2 Å². The van der Waals surface area contributed by atoms with Gasteiger partial charge >= 0.3 is 6.18 Å². The van der Waals surface area contributed by atoms with Crippen LogP contribution in [-0.4, -0.2) is 50.4 Å². The van der Waals surface area contributed by atoms with E-state index < -0.39 is 12.3 Å². The largest absolute Gasteiger partial charge is 0.418 e. The number of hydrogen-bond donors (Lipinski definition) is 2. The van der Waals surface area contributed by atoms with E-state index in [-0.39, 0.29) is 16.9 Å². The average molecular weight is 410 g/mol. The van der Waals surface area contributed by atoms with Gasteiger partial charge in [0.25, 0.3) is 0 Å². The predicted molar refractivity (Wildman–Crippen MR) is 109 cm³/mol. The maximum absolute atomic E-state index is 12.9. The van der Waals surface area contributed by atoms with Crippen molar-refractivity contribution in [1.82, 2.24) is 4.90 Å². The van der Waals surface area contributed by atoms with E-state index in [4.69, 9.17) is 5.73 Å². The lowest BCUT2D eigenvalue weighted by Gasteiger charge is -2.23. The Hall–Kier alpha value is -2.65. The molecular weight excluding hydrogens is 385 g/mol. The number of alkyl halides is 3. The Bertz CT molecular complexity index is 856. The van der Waals surface area contributed by atoms with Gasteiger partial charge in [-0.3, -0.25) is 0 Å². The fraction of sp³-hybridized carbons (Fsp3) is 0.400. The van der Waals surface area contributed by atoms with Crippen LogP contribution in [0, 0.1) is 4.91 Å². The molecule has 0 radical (unpaired) electrons. The van der Waals surface area contributed by atoms with Crippen molar-refractivity contribution in [2.75, 3.05) is 44.9 Å². The summed E-state index contributed by atoms with van der Waals surface area (Å²) in [6, 6.07) is 8.60. The fourth-order valence-corrected chi connectivity index (χ4v) is 3.00. The first-order valence-corrected chi connectivity index (χ1v) is 9.02. The van der Waals surface area contributed by atoms with Gasteiger partial charge in [-0.25, -0.2) is 0 Å². The Morgan fingerprint density at radius 1 is 1.10 bits per heavy atom. The molecule has 0 bridgehead atoms. The molecule has 0 aromatic heterocycles. The monoisotopic (exact) mass is 410 g/mol. The topological polar surface area (TPSA) is 82.2 Å². The minimum Gasteiger partial charge on any atom is -0.395 e. The SMILES string of the molecule is CN(C)CCCN(C)c1cc(-c2cccc(C(O)C(F)(F)F)c2)cc(N=O)c1N. The number of nitrogens with zero attached hydrogens (tertiary/aromatic N) is 3. The van der Waals surface area contributed by atoms with Crippen LogP contribution in [0.15, 0.2) is 41.6 Å². The highest BCUT2D eigenvalue weighted by molar-refractivity contribution is 5.86. The van der Waals surface area contributed by atoms with Crippen LogP contribution < -0.4 is 10.6 Å². The summed E-state index contributed by atoms with van der Waals surface area (Å²) in [5.74, 6) is 0. The average Bonchev–Trinajstić information content (AvgIpc) is 2.66. The third kappa shape index (κ3) is 5.68. The van der Waals surface area contributed by atoms with Crippen molar-refractivity contribution in [3.63, 3.8) is 0 Å². The van der Waals surface area contributed by atoms with Crippen LogP contribution in [0.25, 0.3) is 11.1 Å². The van der Waals surface area contributed by atoms with E-state index in [0.717, 1.165) is 13.0 Å². The molecule has 2 aromatic carbocycles. The van der Waals surface area contributed by atoms with Crippen molar-refractivity contribution in [3.05, 3.63) is 46.9 Å². The summed E-state index contributed by atoms with van der Waals surface area (Å²) < 4.78 is 38.6. The van der Waals surface area contributed by atoms with E-state index in [9.17, 15) is 23.2 Å². The van der Waals surface area contributed by atoms with Crippen molar-refractivity contribution in [1.29, 1.82) is 0 Å². The summed E-state index contributed by atoms with van der Waals surface area (Å²) in [4.78, 5) is 15.2. The van der Waals surface area contributed by atoms with E-state index >= 15 is 0 Å². The number of benzene rings is 2. The van der Waals surface area contributed by atoms with Gasteiger partial charge in [-0.1, -0.05) is 18.2 Å². The molecule has 6 nitrogen and oxygen atoms in total. The molecule has 0 aliphatic heterocycles. The molecular formula is C20H25F3N4O2. The van der Waals surface area contributed by atoms with Gasteiger partial charge in [-0.05, 0) is 67.1 Å². The molecule has 0 saturated carbocycles. The molecule has 2 aromatic rings. The number of aliphatic hydroxyl groups is 1. The third-order valence-electron chi connectivity index (χ3n) is 4.59. The summed E-state index contributed by atoms with van der Waals surface area (Å²) in [7, 11) is 5.75. The second kappa shape index (κ2) is 9.23. The molecule has 29 heavy (non-hydrogen) atoms. The second-order valence-corrected chi connectivity index (χ2v) is 7.17. The minimum atomic E-state index is -4.77. The molecule has 2 rings (SSSR count). The van der Waals surface area contributed by atoms with Crippen molar-refractivity contribution >= 4 is 17.1 Å². The number of hydrogen-bond acceptors (Lipinski definition) is 6. The van der Waals surface area contributed by atoms with Crippen LogP contribution in [0.4, 0.5) is 30.2 Å². The molecule has 1 unspecified atom stereocenters. The van der Waals surface area contributed by atoms with Crippen LogP contribution in [0.5, 0.6) is 0 Å². The van der Waals surface area contributed by atoms with Gasteiger partial charge in [0.2, 0.25) is 0 Å². The Kier molecular flexibility index (Phi) is 7.21. The predicted octanol–water partition coefficient (Wildman–Crippen LogP) is 4.32. The Balaban J connectivity index is 2.42. The first kappa shape index (κ1) is 22.6. The highest BCUT2D eigenvalue weighted by Gasteiger charge is 2.39. The Morgan fingerprint density at radius 3 is 2.38 bits per heavy atom. The van der Waals surface area contributed by atoms with Gasteiger partial charge in [0.05, 0.1) is 11.4 Å². The number of aliphatic hydroxyl groups excluding tert-OH is 1. The fourth-order valence-electron chi connectivity index (χ4n) is 3.00. The van der Waals surface area contributed by atoms with Crippen molar-refractivity contribution in [3.8, 4) is 11.1 Å². The van der Waals surface area contributed by atoms with Gasteiger partial charge in [-0.15, -0.1) is 4.91 Å². The zero-order chi connectivity index (χ0) is 21.8. The lowest BCUT2D eigenvalue weighted by atomic mass is 9.98. The zero-order valence-electron chi connectivity index (χ0n) is 16.6. The Morgan fingerprint density at radius 2 is 1.79 bits per heavy atom. The summed E-state index contributed by atoms with van der Waals surface area (Å²) in [5, 5.41) is 12.5. The molecule has 0 fully saturated rings. The molecule has 9 heteroatoms. The van der Waals surface area contributed by atoms with E-state index in [0.29, 0.717) is 23.4 Å². The lowest BCUT2D eigenvalue weighted by molar-refractivity contribution is -0.206. The minimum absolute atomic E-state index is 0.0127. The van der Waals surface area contributed by atoms with Crippen LogP contribution in [0.3, 0.4) is 0 Å². The van der Waals surface area contributed by atoms with Crippen molar-refractivity contribution < 1.29 is 18.3 Å². The smallest absolute Gasteiger partial charge is 0.395 e. The van der Waals surface area contributed by atoms with E-state index in [2.05, 4.69) is 5.18 Å². The van der Waals surface area contributed by atoms with Crippen LogP contribution in [-0.2, 0) is 0 Å². The quantitative estimate of drug-likeness (QED) is 0.500. The molecule has 0 heterocycles. The highest BCUT2D eigenvalue weighted by atomic mass is 19.4. The maximum Gasteiger partial charge on any atom is 0.418 e. The number of rotatable bonds is 8. The zero-order valence-corrected chi connectivity index (χ0v) is 16.6. The number of nitrogen functional groups attached to an aromatic ring is 1. The number of nitroso groups, excluding NO2 is 1. The molecule has 0 spiro atoms. The van der Waals surface area contributed by atoms with E-state index in [1.54, 1.807) is 12.1 Å². The summed E-state index contributed by atoms with van der Waals surface area (Å²) in [6.07, 6.45) is -6.51. The first-order valence-electron chi connectivity index (χ1n) is 9.02. The molecule has 0 aliphatic rings. The second-order valence-electron chi connectivity index (χ2n) is 7.17. The van der Waals surface area contributed by atoms with Crippen LogP contribution >= 0.6 is 0 Å². The van der Waals surface area contributed by atoms with Crippen molar-refractivity contribution in [2.24, 2.45) is 5.18 Å². The van der Waals surface area contributed by atoms with E-state index in [1.165, 1.54) is 24.3 Å². The normalized spacial score (nSPS) is 12.8. The Labute approximate surface area is 167 Å².